The zero-order chi connectivity index (χ0) is 12.3. The van der Waals surface area contributed by atoms with E-state index >= 15 is 0 Å². The Morgan fingerprint density at radius 1 is 1.65 bits per heavy atom. The van der Waals surface area contributed by atoms with Crippen molar-refractivity contribution in [2.75, 3.05) is 0 Å². The van der Waals surface area contributed by atoms with E-state index in [1.54, 1.807) is 18.3 Å². The van der Waals surface area contributed by atoms with Crippen LogP contribution in [0.3, 0.4) is 0 Å². The molecule has 0 saturated heterocycles. The average Bonchev–Trinajstić information content (AvgIpc) is 2.89. The minimum absolute atomic E-state index is 0.0694. The molecule has 1 amide bonds. The lowest BCUT2D eigenvalue weighted by molar-refractivity contribution is 0.0930. The molecule has 2 aromatic rings. The van der Waals surface area contributed by atoms with Gasteiger partial charge in [0.25, 0.3) is 5.91 Å². The lowest BCUT2D eigenvalue weighted by atomic mass is 10.2. The molecule has 17 heavy (non-hydrogen) atoms. The molecule has 0 spiro atoms. The Balaban J connectivity index is 1.90. The first-order valence-corrected chi connectivity index (χ1v) is 6.25. The number of rotatable bonds is 4. The number of nitrogens with one attached hydrogen (secondary N) is 2. The van der Waals surface area contributed by atoms with Gasteiger partial charge in [0.1, 0.15) is 5.82 Å². The van der Waals surface area contributed by atoms with E-state index in [4.69, 9.17) is 0 Å². The van der Waals surface area contributed by atoms with Crippen LogP contribution < -0.4 is 5.32 Å². The van der Waals surface area contributed by atoms with Gasteiger partial charge in [-0.25, -0.2) is 4.98 Å². The van der Waals surface area contributed by atoms with Crippen molar-refractivity contribution in [1.82, 2.24) is 20.5 Å². The first-order chi connectivity index (χ1) is 8.15. The minimum Gasteiger partial charge on any atom is -0.346 e. The summed E-state index contributed by atoms with van der Waals surface area (Å²) in [5.41, 5.74) is 0. The van der Waals surface area contributed by atoms with Gasteiger partial charge in [-0.3, -0.25) is 9.89 Å². The van der Waals surface area contributed by atoms with Crippen LogP contribution in [0, 0.1) is 6.92 Å². The summed E-state index contributed by atoms with van der Waals surface area (Å²) >= 11 is 1.69. The molecule has 2 heterocycles. The zero-order valence-corrected chi connectivity index (χ0v) is 10.5. The summed E-state index contributed by atoms with van der Waals surface area (Å²) in [5.74, 6) is 0.597. The molecule has 0 radical (unpaired) electrons. The summed E-state index contributed by atoms with van der Waals surface area (Å²) in [5, 5.41) is 11.4. The lowest BCUT2D eigenvalue weighted by Crippen LogP contribution is -2.34. The second-order valence-electron chi connectivity index (χ2n) is 3.90. The van der Waals surface area contributed by atoms with E-state index in [2.05, 4.69) is 26.6 Å². The molecule has 6 heteroatoms. The van der Waals surface area contributed by atoms with Crippen molar-refractivity contribution >= 4 is 17.2 Å². The summed E-state index contributed by atoms with van der Waals surface area (Å²) in [6, 6.07) is 4.14. The summed E-state index contributed by atoms with van der Waals surface area (Å²) < 4.78 is 0. The van der Waals surface area contributed by atoms with Crippen LogP contribution in [0.15, 0.2) is 17.5 Å². The smallest absolute Gasteiger partial charge is 0.291 e. The Labute approximate surface area is 103 Å². The Kier molecular flexibility index (Phi) is 3.53. The Morgan fingerprint density at radius 2 is 2.47 bits per heavy atom. The number of amides is 1. The Bertz CT molecular complexity index is 491. The van der Waals surface area contributed by atoms with Gasteiger partial charge >= 0.3 is 0 Å². The van der Waals surface area contributed by atoms with Crippen molar-refractivity contribution in [3.8, 4) is 0 Å². The monoisotopic (exact) mass is 250 g/mol. The van der Waals surface area contributed by atoms with Gasteiger partial charge in [-0.2, -0.15) is 0 Å². The van der Waals surface area contributed by atoms with Gasteiger partial charge in [0.05, 0.1) is 0 Å². The third-order valence-electron chi connectivity index (χ3n) is 2.27. The maximum Gasteiger partial charge on any atom is 0.291 e. The van der Waals surface area contributed by atoms with Gasteiger partial charge in [0.15, 0.2) is 0 Å². The molecule has 5 nitrogen and oxygen atoms in total. The lowest BCUT2D eigenvalue weighted by Gasteiger charge is -2.10. The standard InChI is InChI=1S/C11H14N4OS/c1-7(6-9-4-3-5-17-9)12-11(16)10-13-8(2)14-15-10/h3-5,7H,6H2,1-2H3,(H,12,16)(H,13,14,15). The number of hydrogen-bond acceptors (Lipinski definition) is 4. The molecule has 2 rings (SSSR count). The van der Waals surface area contributed by atoms with Gasteiger partial charge < -0.3 is 5.32 Å². The van der Waals surface area contributed by atoms with E-state index in [0.29, 0.717) is 5.82 Å². The molecule has 90 valence electrons. The van der Waals surface area contributed by atoms with Crippen molar-refractivity contribution in [2.45, 2.75) is 26.3 Å². The zero-order valence-electron chi connectivity index (χ0n) is 9.73. The van der Waals surface area contributed by atoms with Crippen LogP contribution in [0.2, 0.25) is 0 Å². The highest BCUT2D eigenvalue weighted by Gasteiger charge is 2.14. The predicted octanol–water partition coefficient (Wildman–Crippen LogP) is 1.54. The predicted molar refractivity (Wildman–Crippen MR) is 66.1 cm³/mol. The number of aromatic amines is 1. The Hall–Kier alpha value is -1.69. The molecule has 0 fully saturated rings. The van der Waals surface area contributed by atoms with Gasteiger partial charge in [-0.05, 0) is 25.3 Å². The fourth-order valence-corrected chi connectivity index (χ4v) is 2.35. The van der Waals surface area contributed by atoms with E-state index in [-0.39, 0.29) is 17.8 Å². The average molecular weight is 250 g/mol. The van der Waals surface area contributed by atoms with Crippen molar-refractivity contribution in [2.24, 2.45) is 0 Å². The number of carbonyl (C=O) groups is 1. The van der Waals surface area contributed by atoms with Crippen LogP contribution in [0.1, 0.15) is 28.2 Å². The van der Waals surface area contributed by atoms with Gasteiger partial charge in [-0.15, -0.1) is 16.4 Å². The minimum atomic E-state index is -0.238. The fraction of sp³-hybridized carbons (Fsp3) is 0.364. The topological polar surface area (TPSA) is 70.7 Å². The van der Waals surface area contributed by atoms with Gasteiger partial charge in [-0.1, -0.05) is 6.07 Å². The third kappa shape index (κ3) is 3.13. The highest BCUT2D eigenvalue weighted by atomic mass is 32.1. The normalized spacial score (nSPS) is 12.4. The van der Waals surface area contributed by atoms with Gasteiger partial charge in [0, 0.05) is 17.3 Å². The number of aromatic nitrogens is 3. The van der Waals surface area contributed by atoms with E-state index in [9.17, 15) is 4.79 Å². The van der Waals surface area contributed by atoms with Gasteiger partial charge in [0.2, 0.25) is 5.82 Å². The van der Waals surface area contributed by atoms with Crippen molar-refractivity contribution < 1.29 is 4.79 Å². The van der Waals surface area contributed by atoms with E-state index in [1.807, 2.05) is 18.4 Å². The molecular formula is C11H14N4OS. The largest absolute Gasteiger partial charge is 0.346 e. The summed E-state index contributed by atoms with van der Waals surface area (Å²) in [6.45, 7) is 3.73. The van der Waals surface area contributed by atoms with Crippen molar-refractivity contribution in [3.63, 3.8) is 0 Å². The molecule has 0 aromatic carbocycles. The molecule has 0 saturated carbocycles. The van der Waals surface area contributed by atoms with Crippen LogP contribution in [0.25, 0.3) is 0 Å². The SMILES string of the molecule is Cc1nc(C(=O)NC(C)Cc2cccs2)n[nH]1. The molecule has 0 aliphatic rings. The number of hydrogen-bond donors (Lipinski definition) is 2. The molecule has 0 bridgehead atoms. The summed E-state index contributed by atoms with van der Waals surface area (Å²) in [7, 11) is 0. The molecule has 1 atom stereocenters. The summed E-state index contributed by atoms with van der Waals surface area (Å²) in [6.07, 6.45) is 0.826. The number of H-pyrrole nitrogens is 1. The second-order valence-corrected chi connectivity index (χ2v) is 4.93. The van der Waals surface area contributed by atoms with Crippen LogP contribution in [-0.2, 0) is 6.42 Å². The number of aryl methyl sites for hydroxylation is 1. The molecule has 2 aromatic heterocycles. The van der Waals surface area contributed by atoms with Crippen molar-refractivity contribution in [3.05, 3.63) is 34.0 Å². The number of carbonyl (C=O) groups excluding carboxylic acids is 1. The summed E-state index contributed by atoms with van der Waals surface area (Å²) in [4.78, 5) is 17.0. The van der Waals surface area contributed by atoms with E-state index in [1.165, 1.54) is 4.88 Å². The molecule has 1 unspecified atom stereocenters. The molecule has 0 aliphatic carbocycles. The first kappa shape index (κ1) is 11.8. The maximum atomic E-state index is 11.7. The van der Waals surface area contributed by atoms with Crippen LogP contribution in [0.4, 0.5) is 0 Å². The first-order valence-electron chi connectivity index (χ1n) is 5.37. The third-order valence-corrected chi connectivity index (χ3v) is 3.16. The highest BCUT2D eigenvalue weighted by molar-refractivity contribution is 7.09. The number of thiophene rings is 1. The number of nitrogens with zero attached hydrogens (tertiary/aromatic N) is 2. The Morgan fingerprint density at radius 3 is 3.06 bits per heavy atom. The maximum absolute atomic E-state index is 11.7. The van der Waals surface area contributed by atoms with Crippen molar-refractivity contribution in [1.29, 1.82) is 0 Å². The second kappa shape index (κ2) is 5.09. The molecule has 0 aliphatic heterocycles. The van der Waals surface area contributed by atoms with E-state index < -0.39 is 0 Å². The van der Waals surface area contributed by atoms with Crippen LogP contribution >= 0.6 is 11.3 Å². The van der Waals surface area contributed by atoms with E-state index in [0.717, 1.165) is 6.42 Å². The molecule has 2 N–H and O–H groups in total. The van der Waals surface area contributed by atoms with Crippen LogP contribution in [0.5, 0.6) is 0 Å². The fourth-order valence-electron chi connectivity index (χ4n) is 1.51. The quantitative estimate of drug-likeness (QED) is 0.864. The highest BCUT2D eigenvalue weighted by Crippen LogP contribution is 2.11. The molecular weight excluding hydrogens is 236 g/mol. The van der Waals surface area contributed by atoms with Crippen LogP contribution in [-0.4, -0.2) is 27.1 Å².